The van der Waals surface area contributed by atoms with Crippen LogP contribution in [-0.2, 0) is 20.4 Å². The summed E-state index contributed by atoms with van der Waals surface area (Å²) < 4.78 is 1.61. The van der Waals surface area contributed by atoms with E-state index in [2.05, 4.69) is 91.1 Å². The molecule has 39 heavy (non-hydrogen) atoms. The predicted octanol–water partition coefficient (Wildman–Crippen LogP) is 1.96. The largest absolute Gasteiger partial charge is 1.00 e. The summed E-state index contributed by atoms with van der Waals surface area (Å²) in [5, 5.41) is 3.38. The Morgan fingerprint density at radius 2 is 1.08 bits per heavy atom. The zero-order chi connectivity index (χ0) is 26.3. The molecule has 2 rings (SSSR count). The average Bonchev–Trinajstić information content (AvgIpc) is 3.27. The van der Waals surface area contributed by atoms with Gasteiger partial charge >= 0.3 is 175 Å². The molecule has 1 atom stereocenters. The third-order valence-corrected chi connectivity index (χ3v) is 13.7. The monoisotopic (exact) mass is 646 g/mol. The fourth-order valence-electron chi connectivity index (χ4n) is 6.20. The van der Waals surface area contributed by atoms with E-state index in [1.807, 2.05) is 0 Å². The van der Waals surface area contributed by atoms with E-state index in [4.69, 9.17) is 0 Å². The first-order chi connectivity index (χ1) is 17.3. The molecule has 0 aliphatic heterocycles. The molecule has 222 valence electrons. The smallest absolute Gasteiger partial charge is 1.00 e. The first kappa shape index (κ1) is 41.6. The van der Waals surface area contributed by atoms with Crippen molar-refractivity contribution in [2.75, 3.05) is 0 Å². The minimum Gasteiger partial charge on any atom is -1.00 e. The van der Waals surface area contributed by atoms with Gasteiger partial charge in [0.2, 0.25) is 0 Å². The van der Waals surface area contributed by atoms with Gasteiger partial charge in [0.15, 0.2) is 0 Å². The fourth-order valence-corrected chi connectivity index (χ4v) is 11.7. The number of allylic oxidation sites excluding steroid dienone is 4. The molecule has 1 aromatic rings. The number of unbranched alkanes of at least 4 members (excludes halogenated alkanes) is 15. The van der Waals surface area contributed by atoms with Crippen LogP contribution >= 0.6 is 0 Å². The quantitative estimate of drug-likeness (QED) is 0.159. The van der Waals surface area contributed by atoms with Gasteiger partial charge in [-0.3, -0.25) is 0 Å². The standard InChI is InChI=1S/C34H57Si.3ClH.Ti/c1-6-7-8-9-10-11-12-13-14-15-16-17-18-19-20-24-30-35(5,31-26-22-21-23-27-31)33-29-25-28-32(33)34(2,3)4;;;;/h21-23,26-27,29H,6-20,24-25,30H2,1-5H3;3*1H;/q;;;;+3/p-3. The Hall–Kier alpha value is 0.501. The fraction of sp³-hybridized carbons (Fsp3) is 0.706. The van der Waals surface area contributed by atoms with E-state index in [1.54, 1.807) is 19.8 Å². The average molecular weight is 648 g/mol. The van der Waals surface area contributed by atoms with Crippen molar-refractivity contribution in [2.45, 2.75) is 149 Å². The van der Waals surface area contributed by atoms with E-state index in [0.29, 0.717) is 0 Å². The normalized spacial score (nSPS) is 14.7. The van der Waals surface area contributed by atoms with Crippen LogP contribution in [0, 0.1) is 5.41 Å². The van der Waals surface area contributed by atoms with Crippen LogP contribution in [-0.4, -0.2) is 8.07 Å². The molecule has 1 aliphatic carbocycles. The Morgan fingerprint density at radius 3 is 1.49 bits per heavy atom. The molecule has 0 saturated carbocycles. The van der Waals surface area contributed by atoms with Gasteiger partial charge in [-0.2, -0.15) is 0 Å². The second-order valence-corrected chi connectivity index (χ2v) is 17.9. The molecular formula is C34H57Cl3SiTi. The minimum atomic E-state index is -1.71. The first-order valence-corrected chi connectivity index (χ1v) is 19.0. The van der Waals surface area contributed by atoms with Crippen molar-refractivity contribution >= 4 is 13.3 Å². The number of benzene rings is 1. The number of hydrogen-bond acceptors (Lipinski definition) is 0. The van der Waals surface area contributed by atoms with Crippen LogP contribution in [0.3, 0.4) is 0 Å². The van der Waals surface area contributed by atoms with E-state index in [-0.39, 0.29) is 42.6 Å². The topological polar surface area (TPSA) is 0 Å². The number of halogens is 3. The van der Waals surface area contributed by atoms with Crippen LogP contribution in [0.15, 0.2) is 51.1 Å². The molecule has 0 nitrogen and oxygen atoms in total. The maximum absolute atomic E-state index is 2.66. The van der Waals surface area contributed by atoms with E-state index < -0.39 is 8.07 Å². The third kappa shape index (κ3) is 15.0. The van der Waals surface area contributed by atoms with Crippen molar-refractivity contribution in [3.05, 3.63) is 51.1 Å². The van der Waals surface area contributed by atoms with E-state index in [0.717, 1.165) is 6.42 Å². The molecule has 1 aliphatic rings. The van der Waals surface area contributed by atoms with E-state index in [9.17, 15) is 0 Å². The summed E-state index contributed by atoms with van der Waals surface area (Å²) in [6.07, 6.45) is 26.9. The third-order valence-electron chi connectivity index (χ3n) is 8.37. The molecule has 1 aromatic carbocycles. The molecule has 1 unspecified atom stereocenters. The van der Waals surface area contributed by atoms with Gasteiger partial charge < -0.3 is 37.2 Å². The maximum atomic E-state index is 2.66. The van der Waals surface area contributed by atoms with Crippen molar-refractivity contribution in [1.29, 1.82) is 0 Å². The SMILES string of the molecule is CCCCCCCCCCCCCCCCCC[Si](C)(C1=CC[C]([Ti+3])=C1C(C)(C)C)c1ccccc1.[Cl-].[Cl-].[Cl-]. The molecule has 0 fully saturated rings. The predicted molar refractivity (Wildman–Crippen MR) is 161 cm³/mol. The van der Waals surface area contributed by atoms with Gasteiger partial charge in [-0.15, -0.1) is 0 Å². The molecule has 0 aromatic heterocycles. The summed E-state index contributed by atoms with van der Waals surface area (Å²) in [6, 6.07) is 12.9. The van der Waals surface area contributed by atoms with E-state index >= 15 is 0 Å². The Bertz CT molecular complexity index is 800. The summed E-state index contributed by atoms with van der Waals surface area (Å²) in [6.45, 7) is 12.2. The van der Waals surface area contributed by atoms with Crippen LogP contribution in [0.5, 0.6) is 0 Å². The Morgan fingerprint density at radius 1 is 0.667 bits per heavy atom. The molecule has 5 heteroatoms. The van der Waals surface area contributed by atoms with Gasteiger partial charge in [0.25, 0.3) is 0 Å². The van der Waals surface area contributed by atoms with Gasteiger partial charge in [0.05, 0.1) is 0 Å². The van der Waals surface area contributed by atoms with Gasteiger partial charge in [-0.05, 0) is 0 Å². The number of rotatable bonds is 19. The van der Waals surface area contributed by atoms with Crippen molar-refractivity contribution in [2.24, 2.45) is 5.41 Å². The van der Waals surface area contributed by atoms with Crippen molar-refractivity contribution < 1.29 is 57.7 Å². The van der Waals surface area contributed by atoms with Crippen LogP contribution in [0.1, 0.15) is 137 Å². The molecule has 0 bridgehead atoms. The zero-order valence-electron chi connectivity index (χ0n) is 25.8. The van der Waals surface area contributed by atoms with Crippen LogP contribution in [0.2, 0.25) is 12.6 Å². The maximum Gasteiger partial charge on any atom is -1.00 e. The van der Waals surface area contributed by atoms with Crippen molar-refractivity contribution in [3.8, 4) is 0 Å². The van der Waals surface area contributed by atoms with Gasteiger partial charge in [0, 0.05) is 0 Å². The Balaban J connectivity index is 0. The number of hydrogen-bond donors (Lipinski definition) is 0. The van der Waals surface area contributed by atoms with Gasteiger partial charge in [-0.25, -0.2) is 0 Å². The van der Waals surface area contributed by atoms with Crippen LogP contribution in [0.4, 0.5) is 0 Å². The van der Waals surface area contributed by atoms with Crippen LogP contribution < -0.4 is 42.4 Å². The molecule has 0 radical (unpaired) electrons. The van der Waals surface area contributed by atoms with Gasteiger partial charge in [-0.1, -0.05) is 64.7 Å². The summed E-state index contributed by atoms with van der Waals surface area (Å²) in [5.41, 5.74) is 1.92. The molecule has 0 N–H and O–H groups in total. The molecule has 0 amide bonds. The second-order valence-electron chi connectivity index (χ2n) is 12.7. The van der Waals surface area contributed by atoms with E-state index in [1.165, 1.54) is 109 Å². The molecule has 0 saturated heterocycles. The van der Waals surface area contributed by atoms with Crippen molar-refractivity contribution in [1.82, 2.24) is 0 Å². The summed E-state index contributed by atoms with van der Waals surface area (Å²) >= 11 is 2.37. The van der Waals surface area contributed by atoms with Crippen LogP contribution in [0.25, 0.3) is 0 Å². The molecule has 0 spiro atoms. The van der Waals surface area contributed by atoms with Crippen molar-refractivity contribution in [3.63, 3.8) is 0 Å². The van der Waals surface area contributed by atoms with Gasteiger partial charge in [0.1, 0.15) is 0 Å². The summed E-state index contributed by atoms with van der Waals surface area (Å²) in [5.74, 6) is 0. The summed E-state index contributed by atoms with van der Waals surface area (Å²) in [4.78, 5) is 0. The zero-order valence-corrected chi connectivity index (χ0v) is 30.7. The minimum absolute atomic E-state index is 0. The molecular weight excluding hydrogens is 591 g/mol. The second kappa shape index (κ2) is 23.0. The first-order valence-electron chi connectivity index (χ1n) is 15.5. The Kier molecular flexibility index (Phi) is 24.6. The summed E-state index contributed by atoms with van der Waals surface area (Å²) in [7, 11) is -1.71. The Labute approximate surface area is 275 Å². The molecule has 0 heterocycles.